The summed E-state index contributed by atoms with van der Waals surface area (Å²) in [6.07, 6.45) is 2.50. The van der Waals surface area contributed by atoms with Crippen LogP contribution in [-0.4, -0.2) is 15.7 Å². The maximum Gasteiger partial charge on any atom is 0.259 e. The molecule has 0 bridgehead atoms. The topological polar surface area (TPSA) is 46.9 Å². The SMILES string of the molecule is CCc1cccc(C)c1NC(=O)c1cnn(-c2ccccc2)c1C. The number of hydrogen-bond acceptors (Lipinski definition) is 2. The highest BCUT2D eigenvalue weighted by atomic mass is 16.1. The Hall–Kier alpha value is -2.88. The minimum absolute atomic E-state index is 0.126. The van der Waals surface area contributed by atoms with Crippen molar-refractivity contribution >= 4 is 11.6 Å². The van der Waals surface area contributed by atoms with Crippen LogP contribution < -0.4 is 5.32 Å². The molecule has 0 unspecified atom stereocenters. The van der Waals surface area contributed by atoms with Crippen LogP contribution in [0.1, 0.15) is 34.1 Å². The molecule has 4 heteroatoms. The third kappa shape index (κ3) is 2.95. The van der Waals surface area contributed by atoms with Gasteiger partial charge in [-0.25, -0.2) is 4.68 Å². The highest BCUT2D eigenvalue weighted by Gasteiger charge is 2.17. The van der Waals surface area contributed by atoms with Crippen molar-refractivity contribution in [1.82, 2.24) is 9.78 Å². The molecule has 24 heavy (non-hydrogen) atoms. The predicted molar refractivity (Wildman–Crippen MR) is 96.8 cm³/mol. The van der Waals surface area contributed by atoms with E-state index < -0.39 is 0 Å². The van der Waals surface area contributed by atoms with Crippen LogP contribution in [0.25, 0.3) is 5.69 Å². The largest absolute Gasteiger partial charge is 0.321 e. The third-order valence-electron chi connectivity index (χ3n) is 4.23. The zero-order valence-electron chi connectivity index (χ0n) is 14.2. The van der Waals surface area contributed by atoms with Crippen molar-refractivity contribution in [3.8, 4) is 5.69 Å². The van der Waals surface area contributed by atoms with Gasteiger partial charge in [-0.1, -0.05) is 43.3 Å². The van der Waals surface area contributed by atoms with E-state index in [1.165, 1.54) is 0 Å². The molecule has 0 fully saturated rings. The minimum atomic E-state index is -0.126. The number of hydrogen-bond donors (Lipinski definition) is 1. The zero-order chi connectivity index (χ0) is 17.1. The number of aryl methyl sites for hydroxylation is 2. The molecule has 0 saturated heterocycles. The van der Waals surface area contributed by atoms with Gasteiger partial charge in [-0.05, 0) is 43.5 Å². The van der Waals surface area contributed by atoms with E-state index in [-0.39, 0.29) is 5.91 Å². The quantitative estimate of drug-likeness (QED) is 0.779. The van der Waals surface area contributed by atoms with Crippen molar-refractivity contribution in [1.29, 1.82) is 0 Å². The number of rotatable bonds is 4. The van der Waals surface area contributed by atoms with Crippen molar-refractivity contribution in [2.24, 2.45) is 0 Å². The average Bonchev–Trinajstić information content (AvgIpc) is 2.99. The summed E-state index contributed by atoms with van der Waals surface area (Å²) in [7, 11) is 0. The molecule has 3 aromatic rings. The summed E-state index contributed by atoms with van der Waals surface area (Å²) in [5.74, 6) is -0.126. The summed E-state index contributed by atoms with van der Waals surface area (Å²) in [5.41, 5.74) is 5.46. The number of para-hydroxylation sites is 2. The molecule has 3 rings (SSSR count). The lowest BCUT2D eigenvalue weighted by atomic mass is 10.1. The minimum Gasteiger partial charge on any atom is -0.321 e. The Morgan fingerprint density at radius 1 is 1.08 bits per heavy atom. The molecule has 0 aliphatic rings. The Bertz CT molecular complexity index is 866. The number of carbonyl (C=O) groups excluding carboxylic acids is 1. The fourth-order valence-electron chi connectivity index (χ4n) is 2.84. The Kier molecular flexibility index (Phi) is 4.47. The van der Waals surface area contributed by atoms with Gasteiger partial charge in [0.25, 0.3) is 5.91 Å². The maximum absolute atomic E-state index is 12.7. The number of nitrogens with zero attached hydrogens (tertiary/aromatic N) is 2. The molecular weight excluding hydrogens is 298 g/mol. The summed E-state index contributed by atoms with van der Waals surface area (Å²) in [6, 6.07) is 15.9. The highest BCUT2D eigenvalue weighted by Crippen LogP contribution is 2.23. The molecule has 1 N–H and O–H groups in total. The fraction of sp³-hybridized carbons (Fsp3) is 0.200. The average molecular weight is 319 g/mol. The Balaban J connectivity index is 1.91. The number of benzene rings is 2. The van der Waals surface area contributed by atoms with E-state index in [2.05, 4.69) is 17.3 Å². The molecule has 0 aliphatic carbocycles. The molecule has 0 atom stereocenters. The lowest BCUT2D eigenvalue weighted by Crippen LogP contribution is -2.15. The van der Waals surface area contributed by atoms with E-state index in [4.69, 9.17) is 0 Å². The molecule has 1 amide bonds. The van der Waals surface area contributed by atoms with Crippen LogP contribution in [0.2, 0.25) is 0 Å². The van der Waals surface area contributed by atoms with Gasteiger partial charge < -0.3 is 5.32 Å². The van der Waals surface area contributed by atoms with E-state index in [0.29, 0.717) is 5.56 Å². The van der Waals surface area contributed by atoms with E-state index >= 15 is 0 Å². The van der Waals surface area contributed by atoms with Crippen molar-refractivity contribution < 1.29 is 4.79 Å². The molecule has 1 heterocycles. The molecule has 0 aliphatic heterocycles. The van der Waals surface area contributed by atoms with Crippen LogP contribution in [0.15, 0.2) is 54.7 Å². The van der Waals surface area contributed by atoms with Gasteiger partial charge in [-0.2, -0.15) is 5.10 Å². The van der Waals surface area contributed by atoms with E-state index in [9.17, 15) is 4.79 Å². The van der Waals surface area contributed by atoms with Gasteiger partial charge in [-0.3, -0.25) is 4.79 Å². The van der Waals surface area contributed by atoms with Crippen molar-refractivity contribution in [3.05, 3.63) is 77.1 Å². The van der Waals surface area contributed by atoms with Gasteiger partial charge in [0, 0.05) is 5.69 Å². The van der Waals surface area contributed by atoms with Crippen LogP contribution in [0.3, 0.4) is 0 Å². The normalized spacial score (nSPS) is 10.6. The molecule has 122 valence electrons. The van der Waals surface area contributed by atoms with Crippen LogP contribution in [0, 0.1) is 13.8 Å². The maximum atomic E-state index is 12.7. The van der Waals surface area contributed by atoms with E-state index in [1.807, 2.05) is 62.4 Å². The molecule has 0 radical (unpaired) electrons. The second kappa shape index (κ2) is 6.71. The van der Waals surface area contributed by atoms with E-state index in [1.54, 1.807) is 10.9 Å². The summed E-state index contributed by atoms with van der Waals surface area (Å²) in [4.78, 5) is 12.7. The van der Waals surface area contributed by atoms with Crippen molar-refractivity contribution in [3.63, 3.8) is 0 Å². The monoisotopic (exact) mass is 319 g/mol. The molecule has 0 spiro atoms. The Labute approximate surface area is 142 Å². The molecular formula is C20H21N3O. The van der Waals surface area contributed by atoms with Gasteiger partial charge >= 0.3 is 0 Å². The predicted octanol–water partition coefficient (Wildman–Crippen LogP) is 4.30. The first-order valence-electron chi connectivity index (χ1n) is 8.11. The van der Waals surface area contributed by atoms with Gasteiger partial charge in [0.1, 0.15) is 0 Å². The van der Waals surface area contributed by atoms with Gasteiger partial charge in [0.15, 0.2) is 0 Å². The Morgan fingerprint density at radius 3 is 2.54 bits per heavy atom. The van der Waals surface area contributed by atoms with Crippen LogP contribution >= 0.6 is 0 Å². The van der Waals surface area contributed by atoms with E-state index in [0.717, 1.165) is 34.6 Å². The number of aromatic nitrogens is 2. The first-order chi connectivity index (χ1) is 11.6. The Morgan fingerprint density at radius 2 is 1.83 bits per heavy atom. The van der Waals surface area contributed by atoms with Crippen LogP contribution in [0.5, 0.6) is 0 Å². The molecule has 1 aromatic heterocycles. The number of nitrogens with one attached hydrogen (secondary N) is 1. The summed E-state index contributed by atoms with van der Waals surface area (Å²) in [6.45, 7) is 6.01. The smallest absolute Gasteiger partial charge is 0.259 e. The van der Waals surface area contributed by atoms with Crippen LogP contribution in [-0.2, 0) is 6.42 Å². The first kappa shape index (κ1) is 16.0. The van der Waals surface area contributed by atoms with Crippen molar-refractivity contribution in [2.45, 2.75) is 27.2 Å². The van der Waals surface area contributed by atoms with Gasteiger partial charge in [0.05, 0.1) is 23.1 Å². The lowest BCUT2D eigenvalue weighted by molar-refractivity contribution is 0.102. The lowest BCUT2D eigenvalue weighted by Gasteiger charge is -2.13. The number of anilines is 1. The van der Waals surface area contributed by atoms with Gasteiger partial charge in [0.2, 0.25) is 0 Å². The summed E-state index contributed by atoms with van der Waals surface area (Å²) >= 11 is 0. The number of amides is 1. The standard InChI is InChI=1S/C20H21N3O/c1-4-16-10-8-9-14(2)19(16)22-20(24)18-13-21-23(15(18)3)17-11-6-5-7-12-17/h5-13H,4H2,1-3H3,(H,22,24). The van der Waals surface area contributed by atoms with Crippen LogP contribution in [0.4, 0.5) is 5.69 Å². The summed E-state index contributed by atoms with van der Waals surface area (Å²) < 4.78 is 1.79. The molecule has 2 aromatic carbocycles. The second-order valence-electron chi connectivity index (χ2n) is 5.81. The zero-order valence-corrected chi connectivity index (χ0v) is 14.2. The van der Waals surface area contributed by atoms with Gasteiger partial charge in [-0.15, -0.1) is 0 Å². The fourth-order valence-corrected chi connectivity index (χ4v) is 2.84. The third-order valence-corrected chi connectivity index (χ3v) is 4.23. The first-order valence-corrected chi connectivity index (χ1v) is 8.11. The highest BCUT2D eigenvalue weighted by molar-refractivity contribution is 6.05. The summed E-state index contributed by atoms with van der Waals surface area (Å²) in [5, 5.41) is 7.43. The molecule has 4 nitrogen and oxygen atoms in total. The second-order valence-corrected chi connectivity index (χ2v) is 5.81. The van der Waals surface area contributed by atoms with Crippen molar-refractivity contribution in [2.75, 3.05) is 5.32 Å². The molecule has 0 saturated carbocycles. The number of carbonyl (C=O) groups is 1.